The third-order valence-corrected chi connectivity index (χ3v) is 4.32. The van der Waals surface area contributed by atoms with Crippen LogP contribution in [0.1, 0.15) is 34.1 Å². The highest BCUT2D eigenvalue weighted by atomic mass is 19.3. The first-order valence-corrected chi connectivity index (χ1v) is 5.75. The summed E-state index contributed by atoms with van der Waals surface area (Å²) in [6.45, 7) is 8.53. The first-order chi connectivity index (χ1) is 6.37. The molecule has 0 nitrogen and oxygen atoms in total. The molecule has 0 bridgehead atoms. The quantitative estimate of drug-likeness (QED) is 0.638. The number of halogens is 2. The van der Waals surface area contributed by atoms with Gasteiger partial charge in [-0.1, -0.05) is 27.7 Å². The fourth-order valence-corrected chi connectivity index (χ4v) is 3.59. The Morgan fingerprint density at radius 3 is 2.07 bits per heavy atom. The van der Waals surface area contributed by atoms with Crippen molar-refractivity contribution in [2.45, 2.75) is 40.0 Å². The van der Waals surface area contributed by atoms with E-state index in [4.69, 9.17) is 0 Å². The van der Waals surface area contributed by atoms with Crippen molar-refractivity contribution < 1.29 is 8.78 Å². The van der Waals surface area contributed by atoms with Crippen molar-refractivity contribution in [3.05, 3.63) is 0 Å². The first-order valence-electron chi connectivity index (χ1n) is 5.75. The molecule has 0 aromatic heterocycles. The molecule has 0 N–H and O–H groups in total. The van der Waals surface area contributed by atoms with E-state index in [2.05, 4.69) is 27.7 Å². The normalized spacial score (nSPS) is 44.6. The molecule has 82 valence electrons. The molecule has 4 unspecified atom stereocenters. The fraction of sp³-hybridized carbons (Fsp3) is 1.00. The van der Waals surface area contributed by atoms with Crippen LogP contribution in [0.5, 0.6) is 0 Å². The maximum absolute atomic E-state index is 13.3. The topological polar surface area (TPSA) is 0 Å². The maximum Gasteiger partial charge on any atom is 0.254 e. The highest BCUT2D eigenvalue weighted by molar-refractivity contribution is 5.15. The van der Waals surface area contributed by atoms with Crippen LogP contribution < -0.4 is 0 Å². The minimum atomic E-state index is -2.32. The SMILES string of the molecule is CC(C)C1CC2C(C1C(C)C)C2(F)F. The molecule has 2 aliphatic rings. The Hall–Kier alpha value is -0.140. The molecule has 14 heavy (non-hydrogen) atoms. The Morgan fingerprint density at radius 1 is 1.07 bits per heavy atom. The van der Waals surface area contributed by atoms with Gasteiger partial charge in [0.25, 0.3) is 5.92 Å². The van der Waals surface area contributed by atoms with E-state index in [0.717, 1.165) is 6.42 Å². The van der Waals surface area contributed by atoms with Crippen LogP contribution in [0.2, 0.25) is 0 Å². The molecule has 2 rings (SSSR count). The molecule has 2 saturated carbocycles. The van der Waals surface area contributed by atoms with Crippen molar-refractivity contribution in [2.75, 3.05) is 0 Å². The standard InChI is InChI=1S/C12H20F2/c1-6(2)8-5-9-11(12(9,13)14)10(8)7(3)4/h6-11H,5H2,1-4H3. The number of hydrogen-bond donors (Lipinski definition) is 0. The molecule has 0 aromatic carbocycles. The monoisotopic (exact) mass is 202 g/mol. The summed E-state index contributed by atoms with van der Waals surface area (Å²) in [4.78, 5) is 0. The van der Waals surface area contributed by atoms with Gasteiger partial charge in [0.15, 0.2) is 0 Å². The summed E-state index contributed by atoms with van der Waals surface area (Å²) in [6.07, 6.45) is 0.762. The van der Waals surface area contributed by atoms with E-state index in [9.17, 15) is 8.78 Å². The van der Waals surface area contributed by atoms with Crippen LogP contribution in [0.15, 0.2) is 0 Å². The zero-order chi connectivity index (χ0) is 10.7. The Labute approximate surface area is 85.1 Å². The van der Waals surface area contributed by atoms with Crippen LogP contribution in [0.3, 0.4) is 0 Å². The Morgan fingerprint density at radius 2 is 1.64 bits per heavy atom. The Bertz CT molecular complexity index is 230. The van der Waals surface area contributed by atoms with Gasteiger partial charge in [-0.3, -0.25) is 0 Å². The second-order valence-corrected chi connectivity index (χ2v) is 5.77. The Kier molecular flexibility index (Phi) is 2.17. The third kappa shape index (κ3) is 1.22. The van der Waals surface area contributed by atoms with Crippen LogP contribution in [-0.2, 0) is 0 Å². The highest BCUT2D eigenvalue weighted by Crippen LogP contribution is 2.70. The molecule has 0 aromatic rings. The van der Waals surface area contributed by atoms with Crippen LogP contribution >= 0.6 is 0 Å². The first kappa shape index (κ1) is 10.4. The van der Waals surface area contributed by atoms with Gasteiger partial charge < -0.3 is 0 Å². The predicted molar refractivity (Wildman–Crippen MR) is 53.2 cm³/mol. The average Bonchev–Trinajstić information content (AvgIpc) is 2.47. The van der Waals surface area contributed by atoms with Crippen molar-refractivity contribution >= 4 is 0 Å². The summed E-state index contributed by atoms with van der Waals surface area (Å²) < 4.78 is 26.6. The molecule has 0 saturated heterocycles. The zero-order valence-corrected chi connectivity index (χ0v) is 9.43. The van der Waals surface area contributed by atoms with Gasteiger partial charge in [-0.15, -0.1) is 0 Å². The second-order valence-electron chi connectivity index (χ2n) is 5.77. The van der Waals surface area contributed by atoms with E-state index in [-0.39, 0.29) is 17.8 Å². The van der Waals surface area contributed by atoms with Crippen LogP contribution in [0, 0.1) is 35.5 Å². The highest BCUT2D eigenvalue weighted by Gasteiger charge is 2.75. The molecule has 2 aliphatic carbocycles. The van der Waals surface area contributed by atoms with E-state index in [1.165, 1.54) is 0 Å². The molecule has 0 amide bonds. The lowest BCUT2D eigenvalue weighted by Crippen LogP contribution is -2.27. The molecule has 0 spiro atoms. The van der Waals surface area contributed by atoms with Gasteiger partial charge in [0.1, 0.15) is 0 Å². The number of fused-ring (bicyclic) bond motifs is 1. The van der Waals surface area contributed by atoms with Crippen molar-refractivity contribution in [2.24, 2.45) is 35.5 Å². The van der Waals surface area contributed by atoms with Crippen LogP contribution in [0.25, 0.3) is 0 Å². The summed E-state index contributed by atoms with van der Waals surface area (Å²) in [7, 11) is 0. The van der Waals surface area contributed by atoms with Gasteiger partial charge in [-0.05, 0) is 30.1 Å². The minimum Gasteiger partial charge on any atom is -0.206 e. The lowest BCUT2D eigenvalue weighted by atomic mass is 9.76. The number of alkyl halides is 2. The maximum atomic E-state index is 13.3. The summed E-state index contributed by atoms with van der Waals surface area (Å²) >= 11 is 0. The molecule has 2 heteroatoms. The van der Waals surface area contributed by atoms with E-state index < -0.39 is 5.92 Å². The van der Waals surface area contributed by atoms with Gasteiger partial charge >= 0.3 is 0 Å². The van der Waals surface area contributed by atoms with E-state index in [1.54, 1.807) is 0 Å². The van der Waals surface area contributed by atoms with Crippen molar-refractivity contribution in [3.63, 3.8) is 0 Å². The average molecular weight is 202 g/mol. The van der Waals surface area contributed by atoms with E-state index in [0.29, 0.717) is 17.8 Å². The van der Waals surface area contributed by atoms with E-state index in [1.807, 2.05) is 0 Å². The largest absolute Gasteiger partial charge is 0.254 e. The molecular weight excluding hydrogens is 182 g/mol. The summed E-state index contributed by atoms with van der Waals surface area (Å²) in [5.74, 6) is -1.12. The predicted octanol–water partition coefficient (Wildman–Crippen LogP) is 3.82. The summed E-state index contributed by atoms with van der Waals surface area (Å²) in [5.41, 5.74) is 0. The van der Waals surface area contributed by atoms with Crippen molar-refractivity contribution in [1.82, 2.24) is 0 Å². The van der Waals surface area contributed by atoms with Gasteiger partial charge in [0, 0.05) is 11.8 Å². The number of rotatable bonds is 2. The molecule has 2 fully saturated rings. The Balaban J connectivity index is 2.15. The summed E-state index contributed by atoms with van der Waals surface area (Å²) in [6, 6.07) is 0. The van der Waals surface area contributed by atoms with Crippen molar-refractivity contribution in [3.8, 4) is 0 Å². The fourth-order valence-electron chi connectivity index (χ4n) is 3.59. The molecule has 0 aliphatic heterocycles. The molecule has 0 heterocycles. The summed E-state index contributed by atoms with van der Waals surface area (Å²) in [5, 5.41) is 0. The minimum absolute atomic E-state index is 0.259. The van der Waals surface area contributed by atoms with Gasteiger partial charge in [-0.25, -0.2) is 8.78 Å². The second kappa shape index (κ2) is 2.93. The third-order valence-electron chi connectivity index (χ3n) is 4.32. The zero-order valence-electron chi connectivity index (χ0n) is 9.43. The van der Waals surface area contributed by atoms with Gasteiger partial charge in [0.05, 0.1) is 0 Å². The lowest BCUT2D eigenvalue weighted by Gasteiger charge is -2.30. The smallest absolute Gasteiger partial charge is 0.206 e. The van der Waals surface area contributed by atoms with Crippen molar-refractivity contribution in [1.29, 1.82) is 0 Å². The molecule has 4 atom stereocenters. The lowest BCUT2D eigenvalue weighted by molar-refractivity contribution is 0.0262. The molecule has 0 radical (unpaired) electrons. The van der Waals surface area contributed by atoms with Crippen LogP contribution in [0.4, 0.5) is 8.78 Å². The van der Waals surface area contributed by atoms with Gasteiger partial charge in [-0.2, -0.15) is 0 Å². The number of hydrogen-bond acceptors (Lipinski definition) is 0. The van der Waals surface area contributed by atoms with E-state index >= 15 is 0 Å². The molecular formula is C12H20F2. The van der Waals surface area contributed by atoms with Crippen LogP contribution in [-0.4, -0.2) is 5.92 Å². The van der Waals surface area contributed by atoms with Gasteiger partial charge in [0.2, 0.25) is 0 Å².